The summed E-state index contributed by atoms with van der Waals surface area (Å²) in [6.45, 7) is 0.210. The fourth-order valence-corrected chi connectivity index (χ4v) is 2.49. The zero-order chi connectivity index (χ0) is 20.5. The van der Waals surface area contributed by atoms with Crippen molar-refractivity contribution >= 4 is 12.1 Å². The van der Waals surface area contributed by atoms with E-state index in [4.69, 9.17) is 4.74 Å². The van der Waals surface area contributed by atoms with Gasteiger partial charge in [0.1, 0.15) is 24.0 Å². The molecule has 2 atom stereocenters. The molecule has 2 aromatic carbocycles. The van der Waals surface area contributed by atoms with E-state index in [-0.39, 0.29) is 36.4 Å². The summed E-state index contributed by atoms with van der Waals surface area (Å²) in [5, 5.41) is 32.6. The molecule has 0 aromatic heterocycles. The number of aromatic hydroxyl groups is 1. The van der Waals surface area contributed by atoms with Crippen molar-refractivity contribution in [2.75, 3.05) is 13.7 Å². The minimum absolute atomic E-state index is 0.0456. The molecule has 0 radical (unpaired) electrons. The van der Waals surface area contributed by atoms with E-state index < -0.39 is 24.3 Å². The van der Waals surface area contributed by atoms with E-state index in [9.17, 15) is 24.9 Å². The quantitative estimate of drug-likeness (QED) is 0.508. The van der Waals surface area contributed by atoms with Crippen LogP contribution in [-0.4, -0.2) is 47.1 Å². The number of phenolic OH excluding ortho intramolecular Hbond substituents is 1. The van der Waals surface area contributed by atoms with E-state index in [0.717, 1.165) is 5.56 Å². The first kappa shape index (κ1) is 21.2. The molecule has 4 N–H and O–H groups in total. The number of nitrogens with one attached hydrogen (secondary N) is 1. The first-order valence-electron chi connectivity index (χ1n) is 8.64. The number of carbonyl (C=O) groups excluding carboxylic acids is 2. The number of benzene rings is 2. The Bertz CT molecular complexity index is 794. The standard InChI is InChI=1S/C20H23NO7/c1-27-19(25)15-8-7-14(11-17(15)23)18(24)16(22)9-10-21-20(26)28-12-13-5-3-2-4-6-13/h2-8,11,16,18,22-24H,9-10,12H2,1H3,(H,21,26). The van der Waals surface area contributed by atoms with Gasteiger partial charge in [-0.25, -0.2) is 9.59 Å². The van der Waals surface area contributed by atoms with Gasteiger partial charge in [-0.15, -0.1) is 0 Å². The SMILES string of the molecule is COC(=O)c1ccc(C(O)C(O)CCNC(=O)OCc2ccccc2)cc1O. The number of carbonyl (C=O) groups is 2. The van der Waals surface area contributed by atoms with Crippen molar-refractivity contribution in [1.82, 2.24) is 5.32 Å². The Kier molecular flexibility index (Phi) is 7.79. The molecule has 1 amide bonds. The van der Waals surface area contributed by atoms with Crippen molar-refractivity contribution in [2.24, 2.45) is 0 Å². The second-order valence-electron chi connectivity index (χ2n) is 6.06. The molecule has 2 unspecified atom stereocenters. The number of esters is 1. The summed E-state index contributed by atoms with van der Waals surface area (Å²) >= 11 is 0. The van der Waals surface area contributed by atoms with Crippen LogP contribution in [0.15, 0.2) is 48.5 Å². The minimum atomic E-state index is -1.31. The molecule has 8 heteroatoms. The smallest absolute Gasteiger partial charge is 0.407 e. The maximum absolute atomic E-state index is 11.7. The number of hydrogen-bond donors (Lipinski definition) is 4. The lowest BCUT2D eigenvalue weighted by Crippen LogP contribution is -2.29. The number of aliphatic hydroxyl groups is 2. The lowest BCUT2D eigenvalue weighted by Gasteiger charge is -2.19. The number of phenols is 1. The lowest BCUT2D eigenvalue weighted by atomic mass is 10.00. The summed E-state index contributed by atoms with van der Waals surface area (Å²) in [4.78, 5) is 23.1. The molecule has 2 rings (SSSR count). The van der Waals surface area contributed by atoms with Crippen molar-refractivity contribution in [3.05, 3.63) is 65.2 Å². The van der Waals surface area contributed by atoms with Gasteiger partial charge in [-0.05, 0) is 29.7 Å². The van der Waals surface area contributed by atoms with Gasteiger partial charge in [0.2, 0.25) is 0 Å². The van der Waals surface area contributed by atoms with Gasteiger partial charge in [0.05, 0.1) is 13.2 Å². The van der Waals surface area contributed by atoms with Crippen molar-refractivity contribution in [3.63, 3.8) is 0 Å². The Morgan fingerprint density at radius 2 is 1.82 bits per heavy atom. The monoisotopic (exact) mass is 389 g/mol. The first-order chi connectivity index (χ1) is 13.4. The predicted molar refractivity (Wildman–Crippen MR) is 99.7 cm³/mol. The van der Waals surface area contributed by atoms with Crippen molar-refractivity contribution in [3.8, 4) is 5.75 Å². The Balaban J connectivity index is 1.79. The predicted octanol–water partition coefficient (Wildman–Crippen LogP) is 1.89. The van der Waals surface area contributed by atoms with Crippen LogP contribution in [0.1, 0.15) is 34.0 Å². The molecule has 0 aliphatic rings. The summed E-state index contributed by atoms with van der Waals surface area (Å²) in [5.74, 6) is -1.07. The topological polar surface area (TPSA) is 125 Å². The van der Waals surface area contributed by atoms with Crippen LogP contribution in [0.3, 0.4) is 0 Å². The highest BCUT2D eigenvalue weighted by Gasteiger charge is 2.21. The van der Waals surface area contributed by atoms with Crippen LogP contribution in [-0.2, 0) is 16.1 Å². The van der Waals surface area contributed by atoms with Gasteiger partial charge in [-0.3, -0.25) is 0 Å². The second-order valence-corrected chi connectivity index (χ2v) is 6.06. The minimum Gasteiger partial charge on any atom is -0.507 e. The number of aliphatic hydroxyl groups excluding tert-OH is 2. The highest BCUT2D eigenvalue weighted by atomic mass is 16.5. The van der Waals surface area contributed by atoms with Gasteiger partial charge in [-0.2, -0.15) is 0 Å². The third kappa shape index (κ3) is 5.97. The van der Waals surface area contributed by atoms with E-state index in [1.807, 2.05) is 30.3 Å². The van der Waals surface area contributed by atoms with Gasteiger partial charge < -0.3 is 30.1 Å². The summed E-state index contributed by atoms with van der Waals surface area (Å²) < 4.78 is 9.57. The lowest BCUT2D eigenvalue weighted by molar-refractivity contribution is 0.0135. The van der Waals surface area contributed by atoms with E-state index >= 15 is 0 Å². The van der Waals surface area contributed by atoms with Crippen LogP contribution in [0, 0.1) is 0 Å². The Labute approximate surface area is 162 Å². The molecule has 2 aromatic rings. The van der Waals surface area contributed by atoms with Crippen LogP contribution in [0.4, 0.5) is 4.79 Å². The average molecular weight is 389 g/mol. The molecule has 0 aliphatic heterocycles. The molecule has 0 heterocycles. The fourth-order valence-electron chi connectivity index (χ4n) is 2.49. The van der Waals surface area contributed by atoms with Gasteiger partial charge in [0.25, 0.3) is 0 Å². The van der Waals surface area contributed by atoms with Gasteiger partial charge in [0.15, 0.2) is 0 Å². The molecule has 0 saturated heterocycles. The van der Waals surface area contributed by atoms with E-state index in [0.29, 0.717) is 0 Å². The van der Waals surface area contributed by atoms with Crippen molar-refractivity contribution < 1.29 is 34.4 Å². The number of ether oxygens (including phenoxy) is 2. The molecule has 150 valence electrons. The number of alkyl carbamates (subject to hydrolysis) is 1. The zero-order valence-corrected chi connectivity index (χ0v) is 15.4. The van der Waals surface area contributed by atoms with E-state index in [1.165, 1.54) is 25.3 Å². The van der Waals surface area contributed by atoms with E-state index in [2.05, 4.69) is 10.1 Å². The number of hydrogen-bond acceptors (Lipinski definition) is 7. The second kappa shape index (κ2) is 10.3. The fraction of sp³-hybridized carbons (Fsp3) is 0.300. The van der Waals surface area contributed by atoms with Gasteiger partial charge in [-0.1, -0.05) is 36.4 Å². The normalized spacial score (nSPS) is 12.7. The summed E-state index contributed by atoms with van der Waals surface area (Å²) in [5.41, 5.74) is 1.03. The van der Waals surface area contributed by atoms with Crippen LogP contribution < -0.4 is 5.32 Å². The maximum atomic E-state index is 11.7. The van der Waals surface area contributed by atoms with Crippen LogP contribution in [0.25, 0.3) is 0 Å². The number of rotatable bonds is 8. The van der Waals surface area contributed by atoms with Gasteiger partial charge in [0, 0.05) is 6.54 Å². The zero-order valence-electron chi connectivity index (χ0n) is 15.4. The summed E-state index contributed by atoms with van der Waals surface area (Å²) in [6.07, 6.45) is -3.08. The average Bonchev–Trinajstić information content (AvgIpc) is 2.71. The first-order valence-corrected chi connectivity index (χ1v) is 8.64. The molecule has 0 saturated carbocycles. The molecule has 0 fully saturated rings. The Morgan fingerprint density at radius 1 is 1.11 bits per heavy atom. The molecule has 0 bridgehead atoms. The van der Waals surface area contributed by atoms with Crippen LogP contribution in [0.2, 0.25) is 0 Å². The molecular formula is C20H23NO7. The molecule has 0 spiro atoms. The third-order valence-electron chi connectivity index (χ3n) is 4.06. The third-order valence-corrected chi connectivity index (χ3v) is 4.06. The van der Waals surface area contributed by atoms with Crippen LogP contribution in [0.5, 0.6) is 5.75 Å². The van der Waals surface area contributed by atoms with Crippen molar-refractivity contribution in [1.29, 1.82) is 0 Å². The van der Waals surface area contributed by atoms with E-state index in [1.54, 1.807) is 0 Å². The number of methoxy groups -OCH3 is 1. The Morgan fingerprint density at radius 3 is 2.46 bits per heavy atom. The molecule has 28 heavy (non-hydrogen) atoms. The molecular weight excluding hydrogens is 366 g/mol. The number of amides is 1. The van der Waals surface area contributed by atoms with Gasteiger partial charge >= 0.3 is 12.1 Å². The van der Waals surface area contributed by atoms with Crippen molar-refractivity contribution in [2.45, 2.75) is 25.2 Å². The summed E-state index contributed by atoms with van der Waals surface area (Å²) in [6, 6.07) is 13.1. The highest BCUT2D eigenvalue weighted by molar-refractivity contribution is 5.92. The summed E-state index contributed by atoms with van der Waals surface area (Å²) in [7, 11) is 1.19. The largest absolute Gasteiger partial charge is 0.507 e. The highest BCUT2D eigenvalue weighted by Crippen LogP contribution is 2.26. The Hall–Kier alpha value is -3.10. The van der Waals surface area contributed by atoms with Crippen LogP contribution >= 0.6 is 0 Å². The maximum Gasteiger partial charge on any atom is 0.407 e. The molecule has 8 nitrogen and oxygen atoms in total. The molecule has 0 aliphatic carbocycles.